The van der Waals surface area contributed by atoms with Crippen molar-refractivity contribution < 1.29 is 4.74 Å². The van der Waals surface area contributed by atoms with Crippen LogP contribution in [0.3, 0.4) is 0 Å². The van der Waals surface area contributed by atoms with Gasteiger partial charge in [-0.1, -0.05) is 25.1 Å². The number of nitrogens with two attached hydrogens (primary N) is 1. The summed E-state index contributed by atoms with van der Waals surface area (Å²) in [5.41, 5.74) is 6.98. The van der Waals surface area contributed by atoms with Crippen LogP contribution in [0.5, 0.6) is 5.75 Å². The highest BCUT2D eigenvalue weighted by Crippen LogP contribution is 2.14. The Balaban J connectivity index is 1.77. The average molecular weight is 317 g/mol. The fourth-order valence-electron chi connectivity index (χ4n) is 1.95. The largest absolute Gasteiger partial charge is 0.494 e. The Morgan fingerprint density at radius 1 is 1.32 bits per heavy atom. The minimum Gasteiger partial charge on any atom is -0.494 e. The lowest BCUT2D eigenvalue weighted by Gasteiger charge is -2.07. The van der Waals surface area contributed by atoms with Gasteiger partial charge in [-0.3, -0.25) is 0 Å². The SMILES string of the molecule is CCCOc1cccc(CN=C(N)NCCc2cccs2)c1. The first-order chi connectivity index (χ1) is 10.8. The molecule has 0 amide bonds. The van der Waals surface area contributed by atoms with Gasteiger partial charge in [-0.2, -0.15) is 0 Å². The molecule has 2 rings (SSSR count). The topological polar surface area (TPSA) is 59.6 Å². The molecule has 0 fully saturated rings. The zero-order valence-corrected chi connectivity index (χ0v) is 13.7. The second kappa shape index (κ2) is 9.10. The maximum absolute atomic E-state index is 5.89. The van der Waals surface area contributed by atoms with Crippen LogP contribution in [0.15, 0.2) is 46.8 Å². The molecule has 0 unspecified atom stereocenters. The Kier molecular flexibility index (Phi) is 6.77. The van der Waals surface area contributed by atoms with E-state index in [1.54, 1.807) is 11.3 Å². The molecular weight excluding hydrogens is 294 g/mol. The first-order valence-electron chi connectivity index (χ1n) is 7.56. The number of rotatable bonds is 8. The molecule has 1 heterocycles. The van der Waals surface area contributed by atoms with Crippen LogP contribution in [0.1, 0.15) is 23.8 Å². The standard InChI is InChI=1S/C17H23N3OS/c1-2-10-21-15-6-3-5-14(12-15)13-20-17(18)19-9-8-16-7-4-11-22-16/h3-7,11-12H,2,8-10,13H2,1H3,(H3,18,19,20). The van der Waals surface area contributed by atoms with Gasteiger partial charge in [0.2, 0.25) is 0 Å². The number of guanidine groups is 1. The molecule has 22 heavy (non-hydrogen) atoms. The molecule has 0 spiro atoms. The second-order valence-corrected chi connectivity index (χ2v) is 5.99. The average Bonchev–Trinajstić information content (AvgIpc) is 3.05. The Morgan fingerprint density at radius 2 is 2.23 bits per heavy atom. The van der Waals surface area contributed by atoms with E-state index in [9.17, 15) is 0 Å². The molecule has 0 saturated heterocycles. The van der Waals surface area contributed by atoms with E-state index in [1.165, 1.54) is 4.88 Å². The number of thiophene rings is 1. The zero-order valence-electron chi connectivity index (χ0n) is 12.9. The molecular formula is C17H23N3OS. The molecule has 1 aromatic carbocycles. The van der Waals surface area contributed by atoms with Crippen molar-refractivity contribution in [2.75, 3.05) is 13.2 Å². The van der Waals surface area contributed by atoms with Crippen LogP contribution in [-0.2, 0) is 13.0 Å². The lowest BCUT2D eigenvalue weighted by Crippen LogP contribution is -2.33. The molecule has 118 valence electrons. The number of nitrogens with zero attached hydrogens (tertiary/aromatic N) is 1. The van der Waals surface area contributed by atoms with E-state index in [2.05, 4.69) is 34.7 Å². The van der Waals surface area contributed by atoms with Crippen LogP contribution < -0.4 is 15.8 Å². The van der Waals surface area contributed by atoms with E-state index in [4.69, 9.17) is 10.5 Å². The van der Waals surface area contributed by atoms with Crippen LogP contribution in [0.4, 0.5) is 0 Å². The van der Waals surface area contributed by atoms with Gasteiger partial charge in [-0.15, -0.1) is 11.3 Å². The molecule has 0 bridgehead atoms. The first kappa shape index (κ1) is 16.4. The van der Waals surface area contributed by atoms with Gasteiger partial charge in [0.25, 0.3) is 0 Å². The third kappa shape index (κ3) is 5.77. The molecule has 2 aromatic rings. The zero-order chi connectivity index (χ0) is 15.6. The summed E-state index contributed by atoms with van der Waals surface area (Å²) in [7, 11) is 0. The third-order valence-electron chi connectivity index (χ3n) is 3.06. The molecule has 0 saturated carbocycles. The second-order valence-electron chi connectivity index (χ2n) is 4.95. The number of aliphatic imine (C=N–C) groups is 1. The smallest absolute Gasteiger partial charge is 0.188 e. The van der Waals surface area contributed by atoms with Gasteiger partial charge in [0.1, 0.15) is 5.75 Å². The summed E-state index contributed by atoms with van der Waals surface area (Å²) < 4.78 is 5.61. The highest BCUT2D eigenvalue weighted by atomic mass is 32.1. The Hall–Kier alpha value is -2.01. The van der Waals surface area contributed by atoms with Crippen molar-refractivity contribution >= 4 is 17.3 Å². The molecule has 0 radical (unpaired) electrons. The molecule has 0 aliphatic rings. The summed E-state index contributed by atoms with van der Waals surface area (Å²) in [5.74, 6) is 1.37. The fourth-order valence-corrected chi connectivity index (χ4v) is 2.66. The monoisotopic (exact) mass is 317 g/mol. The number of nitrogens with one attached hydrogen (secondary N) is 1. The van der Waals surface area contributed by atoms with E-state index < -0.39 is 0 Å². The molecule has 3 N–H and O–H groups in total. The van der Waals surface area contributed by atoms with Gasteiger partial charge >= 0.3 is 0 Å². The summed E-state index contributed by atoms with van der Waals surface area (Å²) in [6.07, 6.45) is 1.97. The van der Waals surface area contributed by atoms with Gasteiger partial charge in [0, 0.05) is 11.4 Å². The lowest BCUT2D eigenvalue weighted by molar-refractivity contribution is 0.317. The van der Waals surface area contributed by atoms with E-state index in [1.807, 2.05) is 24.3 Å². The molecule has 5 heteroatoms. The van der Waals surface area contributed by atoms with Crippen LogP contribution in [0, 0.1) is 0 Å². The third-order valence-corrected chi connectivity index (χ3v) is 4.00. The normalized spacial score (nSPS) is 11.4. The number of benzene rings is 1. The molecule has 1 aromatic heterocycles. The van der Waals surface area contributed by atoms with Crippen molar-refractivity contribution in [3.8, 4) is 5.75 Å². The molecule has 4 nitrogen and oxygen atoms in total. The van der Waals surface area contributed by atoms with E-state index in [0.717, 1.165) is 37.3 Å². The molecule has 0 atom stereocenters. The summed E-state index contributed by atoms with van der Waals surface area (Å²) in [4.78, 5) is 5.71. The van der Waals surface area contributed by atoms with Crippen molar-refractivity contribution in [1.29, 1.82) is 0 Å². The van der Waals surface area contributed by atoms with Gasteiger partial charge in [-0.05, 0) is 42.0 Å². The lowest BCUT2D eigenvalue weighted by atomic mass is 10.2. The van der Waals surface area contributed by atoms with E-state index in [0.29, 0.717) is 12.5 Å². The predicted octanol–water partition coefficient (Wildman–Crippen LogP) is 3.18. The summed E-state index contributed by atoms with van der Waals surface area (Å²) >= 11 is 1.76. The van der Waals surface area contributed by atoms with Crippen LogP contribution >= 0.6 is 11.3 Å². The summed E-state index contributed by atoms with van der Waals surface area (Å²) in [6.45, 7) is 4.19. The maximum Gasteiger partial charge on any atom is 0.188 e. The number of hydrogen-bond acceptors (Lipinski definition) is 3. The van der Waals surface area contributed by atoms with E-state index >= 15 is 0 Å². The maximum atomic E-state index is 5.89. The minimum atomic E-state index is 0.483. The van der Waals surface area contributed by atoms with Crippen molar-refractivity contribution in [2.24, 2.45) is 10.7 Å². The minimum absolute atomic E-state index is 0.483. The van der Waals surface area contributed by atoms with Gasteiger partial charge in [-0.25, -0.2) is 4.99 Å². The molecule has 0 aliphatic heterocycles. The quantitative estimate of drug-likeness (QED) is 0.581. The van der Waals surface area contributed by atoms with Gasteiger partial charge in [0.05, 0.1) is 13.2 Å². The fraction of sp³-hybridized carbons (Fsp3) is 0.353. The van der Waals surface area contributed by atoms with Crippen molar-refractivity contribution in [3.05, 3.63) is 52.2 Å². The Morgan fingerprint density at radius 3 is 3.00 bits per heavy atom. The molecule has 0 aliphatic carbocycles. The summed E-state index contributed by atoms with van der Waals surface area (Å²) in [5, 5.41) is 5.23. The van der Waals surface area contributed by atoms with Crippen LogP contribution in [0.25, 0.3) is 0 Å². The Labute approximate surface area is 136 Å². The number of ether oxygens (including phenoxy) is 1. The number of hydrogen-bond donors (Lipinski definition) is 2. The van der Waals surface area contributed by atoms with Gasteiger partial charge in [0.15, 0.2) is 5.96 Å². The van der Waals surface area contributed by atoms with Crippen molar-refractivity contribution in [2.45, 2.75) is 26.3 Å². The Bertz CT molecular complexity index is 581. The predicted molar refractivity (Wildman–Crippen MR) is 93.6 cm³/mol. The summed E-state index contributed by atoms with van der Waals surface area (Å²) in [6, 6.07) is 12.2. The van der Waals surface area contributed by atoms with Crippen LogP contribution in [0.2, 0.25) is 0 Å². The van der Waals surface area contributed by atoms with E-state index in [-0.39, 0.29) is 0 Å². The van der Waals surface area contributed by atoms with Crippen molar-refractivity contribution in [3.63, 3.8) is 0 Å². The highest BCUT2D eigenvalue weighted by molar-refractivity contribution is 7.09. The van der Waals surface area contributed by atoms with Crippen molar-refractivity contribution in [1.82, 2.24) is 5.32 Å². The van der Waals surface area contributed by atoms with Crippen LogP contribution in [-0.4, -0.2) is 19.1 Å². The first-order valence-corrected chi connectivity index (χ1v) is 8.44. The van der Waals surface area contributed by atoms with Gasteiger partial charge < -0.3 is 15.8 Å². The highest BCUT2D eigenvalue weighted by Gasteiger charge is 1.98.